The quantitative estimate of drug-likeness (QED) is 0.0448. The van der Waals surface area contributed by atoms with Gasteiger partial charge in [0.15, 0.2) is 12.1 Å². The number of anilines is 5. The summed E-state index contributed by atoms with van der Waals surface area (Å²) in [6.45, 7) is 18.4. The summed E-state index contributed by atoms with van der Waals surface area (Å²) >= 11 is 0. The largest absolute Gasteiger partial charge is 0.369 e. The average Bonchev–Trinajstić information content (AvgIpc) is 3.88. The molecule has 2 N–H and O–H groups in total. The fraction of sp³-hybridized carbons (Fsp3) is 0.580. The number of piperazine rings is 2. The van der Waals surface area contributed by atoms with E-state index in [1.165, 1.54) is 38.4 Å². The van der Waals surface area contributed by atoms with Gasteiger partial charge in [-0.25, -0.2) is 9.97 Å². The molecule has 4 aliphatic rings. The molecule has 1 saturated carbocycles. The maximum atomic E-state index is 12.3. The van der Waals surface area contributed by atoms with E-state index in [0.29, 0.717) is 53.6 Å². The van der Waals surface area contributed by atoms with Gasteiger partial charge in [-0.3, -0.25) is 29.0 Å². The zero-order valence-electron chi connectivity index (χ0n) is 39.2. The van der Waals surface area contributed by atoms with E-state index in [9.17, 15) is 19.2 Å². The third kappa shape index (κ3) is 12.6. The first kappa shape index (κ1) is 47.7. The highest BCUT2D eigenvalue weighted by molar-refractivity contribution is 6.17. The van der Waals surface area contributed by atoms with Gasteiger partial charge in [0, 0.05) is 101 Å². The van der Waals surface area contributed by atoms with Crippen molar-refractivity contribution < 1.29 is 19.2 Å². The van der Waals surface area contributed by atoms with Gasteiger partial charge in [0.05, 0.1) is 17.5 Å². The van der Waals surface area contributed by atoms with Crippen LogP contribution < -0.4 is 25.3 Å². The molecule has 7 rings (SSSR count). The van der Waals surface area contributed by atoms with Crippen molar-refractivity contribution in [3.63, 3.8) is 0 Å². The molecule has 5 heterocycles. The number of piperidine rings is 1. The molecule has 3 saturated heterocycles. The van der Waals surface area contributed by atoms with Gasteiger partial charge in [-0.15, -0.1) is 0 Å². The van der Waals surface area contributed by atoms with Gasteiger partial charge in [-0.2, -0.15) is 4.98 Å². The monoisotopic (exact) mass is 890 g/mol. The van der Waals surface area contributed by atoms with Gasteiger partial charge >= 0.3 is 0 Å². The number of ketones is 1. The number of carbonyl (C=O) groups excluding carboxylic acids is 4. The number of aromatic nitrogens is 3. The van der Waals surface area contributed by atoms with Crippen LogP contribution in [0.25, 0.3) is 5.57 Å². The van der Waals surface area contributed by atoms with Crippen LogP contribution in [0, 0.1) is 12.8 Å². The molecule has 15 nitrogen and oxygen atoms in total. The fourth-order valence-electron chi connectivity index (χ4n) is 10.4. The van der Waals surface area contributed by atoms with Crippen LogP contribution >= 0.6 is 0 Å². The summed E-state index contributed by atoms with van der Waals surface area (Å²) in [5.41, 5.74) is 5.50. The van der Waals surface area contributed by atoms with E-state index < -0.39 is 0 Å². The van der Waals surface area contributed by atoms with Crippen LogP contribution in [-0.2, 0) is 14.4 Å². The van der Waals surface area contributed by atoms with Crippen molar-refractivity contribution in [2.45, 2.75) is 90.6 Å². The first-order chi connectivity index (χ1) is 31.6. The summed E-state index contributed by atoms with van der Waals surface area (Å²) in [4.78, 5) is 75.7. The lowest BCUT2D eigenvalue weighted by molar-refractivity contribution is -0.116. The van der Waals surface area contributed by atoms with Crippen molar-refractivity contribution in [2.75, 3.05) is 112 Å². The summed E-state index contributed by atoms with van der Waals surface area (Å²) in [7, 11) is 2.03. The highest BCUT2D eigenvalue weighted by atomic mass is 16.1. The Balaban J connectivity index is 0.860. The highest BCUT2D eigenvalue weighted by Gasteiger charge is 2.28. The number of nitrogens with zero attached hydrogens (tertiary/aromatic N) is 9. The van der Waals surface area contributed by atoms with Crippen LogP contribution in [0.2, 0.25) is 0 Å². The molecular weight excluding hydrogens is 819 g/mol. The predicted molar refractivity (Wildman–Crippen MR) is 259 cm³/mol. The molecule has 1 atom stereocenters. The Morgan fingerprint density at radius 1 is 0.815 bits per heavy atom. The molecule has 3 aliphatic heterocycles. The molecule has 4 fully saturated rings. The van der Waals surface area contributed by atoms with E-state index in [0.717, 1.165) is 146 Å². The van der Waals surface area contributed by atoms with E-state index in [2.05, 4.69) is 63.2 Å². The van der Waals surface area contributed by atoms with Gasteiger partial charge in [0.25, 0.3) is 0 Å². The van der Waals surface area contributed by atoms with Crippen molar-refractivity contribution in [3.05, 3.63) is 65.0 Å². The number of rotatable bonds is 21. The molecule has 2 aromatic heterocycles. The van der Waals surface area contributed by atoms with Crippen LogP contribution in [0.3, 0.4) is 0 Å². The van der Waals surface area contributed by atoms with Crippen LogP contribution in [-0.4, -0.2) is 159 Å². The first-order valence-corrected chi connectivity index (χ1v) is 24.1. The van der Waals surface area contributed by atoms with Gasteiger partial charge < -0.3 is 30.2 Å². The molecule has 1 amide bonds. The molecule has 1 unspecified atom stereocenters. The number of amides is 1. The number of Topliss-reactive ketones (excluding diaryl/α,β-unsaturated/α-hetero) is 1. The van der Waals surface area contributed by atoms with Gasteiger partial charge in [-0.05, 0) is 139 Å². The average molecular weight is 890 g/mol. The molecule has 3 aromatic rings. The van der Waals surface area contributed by atoms with E-state index in [4.69, 9.17) is 9.97 Å². The summed E-state index contributed by atoms with van der Waals surface area (Å²) in [5, 5.41) is 6.20. The van der Waals surface area contributed by atoms with Crippen molar-refractivity contribution in [1.82, 2.24) is 35.0 Å². The molecule has 65 heavy (non-hydrogen) atoms. The fourth-order valence-corrected chi connectivity index (χ4v) is 10.4. The lowest BCUT2D eigenvalue weighted by atomic mass is 9.93. The van der Waals surface area contributed by atoms with Crippen LogP contribution in [0.1, 0.15) is 93.1 Å². The Morgan fingerprint density at radius 2 is 1.51 bits per heavy atom. The minimum Gasteiger partial charge on any atom is -0.369 e. The lowest BCUT2D eigenvalue weighted by Gasteiger charge is -2.41. The molecule has 0 radical (unpaired) electrons. The smallest absolute Gasteiger partial charge is 0.230 e. The Hall–Kier alpha value is -5.25. The second kappa shape index (κ2) is 23.3. The standard InChI is InChI=1S/C50H71N11O4/c1-37-31-44(10-9-41(37)34-62)60-25-23-58(24-26-60)21-16-40-14-19-57(20-15-40)22-17-43(13-18-51-36-64)59-27-29-61(30-28-59)45-11-12-48(52-32-45)54-50-53-33-46(38(2)47(35-63)39(3)65)49(55-50)56(4)42-7-5-6-8-42/h9-12,31-36,40,42-43H,5-8,13-30H2,1-4H3,(H,51,64)(H,52,53,54,55)/b47-38+. The number of hydrogen-bond acceptors (Lipinski definition) is 14. The van der Waals surface area contributed by atoms with Crippen molar-refractivity contribution in [3.8, 4) is 0 Å². The number of likely N-dealkylation sites (tertiary alicyclic amines) is 1. The summed E-state index contributed by atoms with van der Waals surface area (Å²) in [6.07, 6.45) is 16.3. The van der Waals surface area contributed by atoms with Crippen molar-refractivity contribution >= 4 is 59.3 Å². The highest BCUT2D eigenvalue weighted by Crippen LogP contribution is 2.33. The van der Waals surface area contributed by atoms with Crippen LogP contribution in [0.15, 0.2) is 48.3 Å². The number of pyridine rings is 1. The third-order valence-corrected chi connectivity index (χ3v) is 14.6. The second-order valence-corrected chi connectivity index (χ2v) is 18.6. The summed E-state index contributed by atoms with van der Waals surface area (Å²) < 4.78 is 0. The third-order valence-electron chi connectivity index (χ3n) is 14.6. The first-order valence-electron chi connectivity index (χ1n) is 24.1. The molecule has 1 aromatic carbocycles. The topological polar surface area (TPSA) is 150 Å². The maximum Gasteiger partial charge on any atom is 0.230 e. The molecule has 15 heteroatoms. The van der Waals surface area contributed by atoms with Crippen LogP contribution in [0.5, 0.6) is 0 Å². The number of nitrogens with one attached hydrogen (secondary N) is 2. The number of aldehydes is 2. The molecule has 1 aliphatic carbocycles. The van der Waals surface area contributed by atoms with Gasteiger partial charge in [0.1, 0.15) is 17.9 Å². The number of benzene rings is 1. The Labute approximate surface area is 386 Å². The Morgan fingerprint density at radius 3 is 2.15 bits per heavy atom. The van der Waals surface area contributed by atoms with Gasteiger partial charge in [-0.1, -0.05) is 12.8 Å². The number of carbonyl (C=O) groups is 4. The van der Waals surface area contributed by atoms with E-state index in [-0.39, 0.29) is 11.4 Å². The van der Waals surface area contributed by atoms with Gasteiger partial charge in [0.2, 0.25) is 12.4 Å². The normalized spacial score (nSPS) is 19.1. The second-order valence-electron chi connectivity index (χ2n) is 18.6. The molecule has 350 valence electrons. The minimum absolute atomic E-state index is 0.135. The zero-order valence-corrected chi connectivity index (χ0v) is 39.2. The lowest BCUT2D eigenvalue weighted by Crippen LogP contribution is -2.51. The van der Waals surface area contributed by atoms with E-state index in [1.807, 2.05) is 32.3 Å². The summed E-state index contributed by atoms with van der Waals surface area (Å²) in [6, 6.07) is 11.0. The molecule has 0 bridgehead atoms. The van der Waals surface area contributed by atoms with E-state index in [1.54, 1.807) is 13.1 Å². The van der Waals surface area contributed by atoms with Crippen molar-refractivity contribution in [2.24, 2.45) is 5.92 Å². The van der Waals surface area contributed by atoms with Crippen molar-refractivity contribution in [1.29, 1.82) is 0 Å². The van der Waals surface area contributed by atoms with Crippen LogP contribution in [0.4, 0.5) is 29.0 Å². The zero-order chi connectivity index (χ0) is 45.7. The number of allylic oxidation sites excluding steroid dienone is 2. The SMILES string of the molecule is CC(=O)/C(C=O)=C(\C)c1cnc(Nc2ccc(N3CCN(C(CCNC=O)CCN4CCC(CCN5CCN(c6ccc(C=O)c(C)c6)CC5)CC4)CC3)cn2)nc1N(C)C1CCCC1. The predicted octanol–water partition coefficient (Wildman–Crippen LogP) is 5.62. The molecule has 0 spiro atoms. The van der Waals surface area contributed by atoms with E-state index >= 15 is 0 Å². The molecular formula is C50H71N11O4. The minimum atomic E-state index is -0.279. The summed E-state index contributed by atoms with van der Waals surface area (Å²) in [5.74, 6) is 2.24. The number of hydrogen-bond donors (Lipinski definition) is 2. The Bertz CT molecular complexity index is 2080. The Kier molecular flexibility index (Phi) is 17.1. The maximum absolute atomic E-state index is 12.3. The number of aryl methyl sites for hydroxylation is 1.